The fraction of sp³-hybridized carbons (Fsp3) is 0.381. The Morgan fingerprint density at radius 3 is 2.46 bits per heavy atom. The predicted molar refractivity (Wildman–Crippen MR) is 100 cm³/mol. The Bertz CT molecular complexity index is 682. The molecule has 0 aliphatic carbocycles. The van der Waals surface area contributed by atoms with Gasteiger partial charge in [-0.15, -0.1) is 0 Å². The van der Waals surface area contributed by atoms with Gasteiger partial charge in [-0.05, 0) is 23.3 Å². The van der Waals surface area contributed by atoms with Gasteiger partial charge in [0.1, 0.15) is 25.7 Å². The SMILES string of the molecule is COCc1ccc(C(=O)N[C@H](C[NH+]2CCOCC2)c2ccccc2)cc1. The van der Waals surface area contributed by atoms with E-state index in [2.05, 4.69) is 17.4 Å². The maximum atomic E-state index is 12.8. The van der Waals surface area contributed by atoms with Crippen molar-refractivity contribution in [3.8, 4) is 0 Å². The number of rotatable bonds is 7. The van der Waals surface area contributed by atoms with Crippen LogP contribution in [0.25, 0.3) is 0 Å². The monoisotopic (exact) mass is 355 g/mol. The first-order valence-electron chi connectivity index (χ1n) is 9.11. The van der Waals surface area contributed by atoms with Crippen LogP contribution in [-0.4, -0.2) is 45.9 Å². The lowest BCUT2D eigenvalue weighted by Crippen LogP contribution is -3.14. The molecule has 0 aromatic heterocycles. The number of carbonyl (C=O) groups is 1. The summed E-state index contributed by atoms with van der Waals surface area (Å²) in [5.74, 6) is -0.0459. The van der Waals surface area contributed by atoms with Crippen molar-refractivity contribution >= 4 is 5.91 Å². The van der Waals surface area contributed by atoms with Crippen LogP contribution >= 0.6 is 0 Å². The molecule has 1 amide bonds. The van der Waals surface area contributed by atoms with E-state index in [-0.39, 0.29) is 11.9 Å². The molecule has 2 aromatic rings. The number of quaternary nitrogens is 1. The van der Waals surface area contributed by atoms with Gasteiger partial charge in [-0.25, -0.2) is 0 Å². The van der Waals surface area contributed by atoms with E-state index in [4.69, 9.17) is 9.47 Å². The molecule has 0 bridgehead atoms. The fourth-order valence-corrected chi connectivity index (χ4v) is 3.25. The van der Waals surface area contributed by atoms with Crippen molar-refractivity contribution in [2.45, 2.75) is 12.6 Å². The van der Waals surface area contributed by atoms with Crippen LogP contribution < -0.4 is 10.2 Å². The average Bonchev–Trinajstić information content (AvgIpc) is 2.70. The molecule has 1 fully saturated rings. The second-order valence-electron chi connectivity index (χ2n) is 6.63. The molecule has 1 saturated heterocycles. The Morgan fingerprint density at radius 1 is 1.12 bits per heavy atom. The topological polar surface area (TPSA) is 52.0 Å². The largest absolute Gasteiger partial charge is 0.380 e. The summed E-state index contributed by atoms with van der Waals surface area (Å²) in [6.07, 6.45) is 0. The Labute approximate surface area is 154 Å². The Hall–Kier alpha value is -2.21. The highest BCUT2D eigenvalue weighted by molar-refractivity contribution is 5.94. The first-order chi connectivity index (χ1) is 12.8. The molecule has 26 heavy (non-hydrogen) atoms. The number of hydrogen-bond donors (Lipinski definition) is 2. The van der Waals surface area contributed by atoms with E-state index in [1.54, 1.807) is 7.11 Å². The molecule has 0 spiro atoms. The van der Waals surface area contributed by atoms with Crippen molar-refractivity contribution in [2.75, 3.05) is 40.0 Å². The summed E-state index contributed by atoms with van der Waals surface area (Å²) in [4.78, 5) is 14.2. The Morgan fingerprint density at radius 2 is 1.81 bits per heavy atom. The molecule has 0 unspecified atom stereocenters. The van der Waals surface area contributed by atoms with Gasteiger partial charge in [0.15, 0.2) is 0 Å². The molecular weight excluding hydrogens is 328 g/mol. The normalized spacial score (nSPS) is 16.2. The minimum atomic E-state index is -0.0459. The molecule has 1 aliphatic heterocycles. The average molecular weight is 355 g/mol. The lowest BCUT2D eigenvalue weighted by Gasteiger charge is -2.28. The molecule has 5 heteroatoms. The number of amides is 1. The number of hydrogen-bond acceptors (Lipinski definition) is 3. The van der Waals surface area contributed by atoms with E-state index in [1.165, 1.54) is 4.90 Å². The third-order valence-electron chi connectivity index (χ3n) is 4.73. The van der Waals surface area contributed by atoms with E-state index in [0.29, 0.717) is 12.2 Å². The van der Waals surface area contributed by atoms with Crippen LogP contribution in [0.5, 0.6) is 0 Å². The maximum Gasteiger partial charge on any atom is 0.251 e. The smallest absolute Gasteiger partial charge is 0.251 e. The van der Waals surface area contributed by atoms with E-state index in [0.717, 1.165) is 44.0 Å². The van der Waals surface area contributed by atoms with Crippen LogP contribution in [0.15, 0.2) is 54.6 Å². The van der Waals surface area contributed by atoms with Crippen molar-refractivity contribution < 1.29 is 19.2 Å². The maximum absolute atomic E-state index is 12.8. The minimum Gasteiger partial charge on any atom is -0.380 e. The molecule has 1 heterocycles. The van der Waals surface area contributed by atoms with E-state index in [1.807, 2.05) is 42.5 Å². The lowest BCUT2D eigenvalue weighted by atomic mass is 10.0. The summed E-state index contributed by atoms with van der Waals surface area (Å²) in [5.41, 5.74) is 2.86. The molecular formula is C21H27N2O3+. The van der Waals surface area contributed by atoms with Gasteiger partial charge < -0.3 is 19.7 Å². The van der Waals surface area contributed by atoms with Crippen molar-refractivity contribution in [3.05, 3.63) is 71.3 Å². The molecule has 5 nitrogen and oxygen atoms in total. The van der Waals surface area contributed by atoms with Crippen LogP contribution in [0.4, 0.5) is 0 Å². The number of nitrogens with one attached hydrogen (secondary N) is 2. The third kappa shape index (κ3) is 5.14. The molecule has 1 atom stereocenters. The quantitative estimate of drug-likeness (QED) is 0.785. The van der Waals surface area contributed by atoms with E-state index in [9.17, 15) is 4.79 Å². The van der Waals surface area contributed by atoms with Gasteiger partial charge in [0, 0.05) is 12.7 Å². The molecule has 3 rings (SSSR count). The predicted octanol–water partition coefficient (Wildman–Crippen LogP) is 1.22. The van der Waals surface area contributed by atoms with Crippen molar-refractivity contribution in [1.29, 1.82) is 0 Å². The van der Waals surface area contributed by atoms with Crippen LogP contribution in [0.2, 0.25) is 0 Å². The summed E-state index contributed by atoms with van der Waals surface area (Å²) in [6.45, 7) is 4.93. The zero-order chi connectivity index (χ0) is 18.2. The summed E-state index contributed by atoms with van der Waals surface area (Å²) in [5, 5.41) is 3.22. The van der Waals surface area contributed by atoms with Crippen LogP contribution in [-0.2, 0) is 16.1 Å². The standard InChI is InChI=1S/C21H26N2O3/c1-25-16-17-7-9-19(10-8-17)21(24)22-20(18-5-3-2-4-6-18)15-23-11-13-26-14-12-23/h2-10,20H,11-16H2,1H3,(H,22,24)/p+1/t20-/m1/s1. The summed E-state index contributed by atoms with van der Waals surface area (Å²) < 4.78 is 10.6. The number of carbonyl (C=O) groups excluding carboxylic acids is 1. The van der Waals surface area contributed by atoms with Crippen LogP contribution in [0, 0.1) is 0 Å². The third-order valence-corrected chi connectivity index (χ3v) is 4.73. The van der Waals surface area contributed by atoms with E-state index < -0.39 is 0 Å². The zero-order valence-electron chi connectivity index (χ0n) is 15.2. The van der Waals surface area contributed by atoms with Crippen LogP contribution in [0.3, 0.4) is 0 Å². The first kappa shape index (κ1) is 18.6. The Balaban J connectivity index is 1.70. The van der Waals surface area contributed by atoms with Gasteiger partial charge in [-0.3, -0.25) is 4.79 Å². The van der Waals surface area contributed by atoms with E-state index >= 15 is 0 Å². The van der Waals surface area contributed by atoms with Crippen molar-refractivity contribution in [2.24, 2.45) is 0 Å². The van der Waals surface area contributed by atoms with Gasteiger partial charge in [-0.2, -0.15) is 0 Å². The van der Waals surface area contributed by atoms with Crippen molar-refractivity contribution in [1.82, 2.24) is 5.32 Å². The fourth-order valence-electron chi connectivity index (χ4n) is 3.25. The van der Waals surface area contributed by atoms with Crippen molar-refractivity contribution in [3.63, 3.8) is 0 Å². The highest BCUT2D eigenvalue weighted by atomic mass is 16.5. The van der Waals surface area contributed by atoms with Gasteiger partial charge >= 0.3 is 0 Å². The number of ether oxygens (including phenoxy) is 2. The van der Waals surface area contributed by atoms with Gasteiger partial charge in [0.2, 0.25) is 0 Å². The first-order valence-corrected chi connectivity index (χ1v) is 9.11. The summed E-state index contributed by atoms with van der Waals surface area (Å²) in [7, 11) is 1.67. The lowest BCUT2D eigenvalue weighted by molar-refractivity contribution is -0.909. The number of benzene rings is 2. The minimum absolute atomic E-state index is 0.0181. The highest BCUT2D eigenvalue weighted by Gasteiger charge is 2.23. The highest BCUT2D eigenvalue weighted by Crippen LogP contribution is 2.13. The Kier molecular flexibility index (Phi) is 6.77. The second kappa shape index (κ2) is 9.48. The molecule has 2 N–H and O–H groups in total. The summed E-state index contributed by atoms with van der Waals surface area (Å²) >= 11 is 0. The summed E-state index contributed by atoms with van der Waals surface area (Å²) in [6, 6.07) is 17.7. The number of methoxy groups -OCH3 is 1. The molecule has 138 valence electrons. The molecule has 1 aliphatic rings. The zero-order valence-corrected chi connectivity index (χ0v) is 15.2. The molecule has 0 saturated carbocycles. The van der Waals surface area contributed by atoms with Gasteiger partial charge in [0.05, 0.1) is 19.8 Å². The van der Waals surface area contributed by atoms with Gasteiger partial charge in [0.25, 0.3) is 5.91 Å². The number of morpholine rings is 1. The van der Waals surface area contributed by atoms with Gasteiger partial charge in [-0.1, -0.05) is 42.5 Å². The molecule has 2 aromatic carbocycles. The molecule has 0 radical (unpaired) electrons. The van der Waals surface area contributed by atoms with Crippen LogP contribution in [0.1, 0.15) is 27.5 Å². The second-order valence-corrected chi connectivity index (χ2v) is 6.63.